The normalized spacial score (nSPS) is 10.6. The number of ether oxygens (including phenoxy) is 1. The molecule has 0 N–H and O–H groups in total. The summed E-state index contributed by atoms with van der Waals surface area (Å²) >= 11 is 0. The molecular weight excluding hydrogens is 248 g/mol. The van der Waals surface area contributed by atoms with Gasteiger partial charge in [0.15, 0.2) is 5.65 Å². The molecular formula is C12H14N4O3. The summed E-state index contributed by atoms with van der Waals surface area (Å²) in [6, 6.07) is 0. The van der Waals surface area contributed by atoms with Gasteiger partial charge in [-0.2, -0.15) is 5.10 Å². The van der Waals surface area contributed by atoms with Crippen LogP contribution in [0.4, 0.5) is 0 Å². The molecule has 0 aliphatic heterocycles. The summed E-state index contributed by atoms with van der Waals surface area (Å²) in [6.07, 6.45) is 2.82. The molecule has 2 heterocycles. The van der Waals surface area contributed by atoms with Gasteiger partial charge in [0.05, 0.1) is 19.3 Å². The molecule has 7 nitrogen and oxygen atoms in total. The van der Waals surface area contributed by atoms with Crippen LogP contribution < -0.4 is 5.56 Å². The van der Waals surface area contributed by atoms with Gasteiger partial charge in [0, 0.05) is 12.6 Å². The highest BCUT2D eigenvalue weighted by atomic mass is 16.5. The van der Waals surface area contributed by atoms with E-state index in [1.54, 1.807) is 14.0 Å². The molecule has 0 saturated heterocycles. The maximum absolute atomic E-state index is 12.1. The molecule has 7 heteroatoms. The zero-order valence-electron chi connectivity index (χ0n) is 10.8. The molecule has 19 heavy (non-hydrogen) atoms. The van der Waals surface area contributed by atoms with E-state index in [-0.39, 0.29) is 24.3 Å². The van der Waals surface area contributed by atoms with Crippen LogP contribution in [0.5, 0.6) is 0 Å². The molecule has 2 aromatic rings. The van der Waals surface area contributed by atoms with Crippen molar-refractivity contribution in [2.75, 3.05) is 6.61 Å². The van der Waals surface area contributed by atoms with E-state index in [1.165, 1.54) is 21.8 Å². The molecule has 0 bridgehead atoms. The number of fused-ring (bicyclic) bond motifs is 1. The number of hydrogen-bond acceptors (Lipinski definition) is 5. The number of aromatic nitrogens is 4. The van der Waals surface area contributed by atoms with Crippen molar-refractivity contribution in [1.82, 2.24) is 19.3 Å². The first-order valence-corrected chi connectivity index (χ1v) is 5.76. The van der Waals surface area contributed by atoms with Gasteiger partial charge in [-0.25, -0.2) is 9.78 Å². The van der Waals surface area contributed by atoms with Crippen LogP contribution in [0.2, 0.25) is 0 Å². The first-order chi connectivity index (χ1) is 9.04. The zero-order chi connectivity index (χ0) is 14.0. The maximum atomic E-state index is 12.1. The Morgan fingerprint density at radius 2 is 2.26 bits per heavy atom. The zero-order valence-corrected chi connectivity index (χ0v) is 10.8. The van der Waals surface area contributed by atoms with E-state index in [2.05, 4.69) is 16.7 Å². The largest absolute Gasteiger partial charge is 0.463 e. The quantitative estimate of drug-likeness (QED) is 0.583. The summed E-state index contributed by atoms with van der Waals surface area (Å²) in [5, 5.41) is 4.37. The third-order valence-corrected chi connectivity index (χ3v) is 2.64. The van der Waals surface area contributed by atoms with Crippen LogP contribution >= 0.6 is 0 Å². The number of carbonyl (C=O) groups is 1. The Morgan fingerprint density at radius 1 is 1.53 bits per heavy atom. The molecule has 0 spiro atoms. The molecule has 100 valence electrons. The average Bonchev–Trinajstić information content (AvgIpc) is 2.75. The molecule has 0 aliphatic rings. The minimum atomic E-state index is -0.513. The molecule has 0 aliphatic carbocycles. The molecule has 0 saturated carbocycles. The summed E-state index contributed by atoms with van der Waals surface area (Å²) in [7, 11) is 1.71. The van der Waals surface area contributed by atoms with Gasteiger partial charge < -0.3 is 4.74 Å². The van der Waals surface area contributed by atoms with E-state index in [9.17, 15) is 9.59 Å². The second-order valence-corrected chi connectivity index (χ2v) is 4.01. The fourth-order valence-electron chi connectivity index (χ4n) is 1.68. The van der Waals surface area contributed by atoms with Crippen LogP contribution in [0.15, 0.2) is 29.5 Å². The van der Waals surface area contributed by atoms with Crippen LogP contribution in [0, 0.1) is 0 Å². The van der Waals surface area contributed by atoms with E-state index < -0.39 is 5.97 Å². The Balaban J connectivity index is 2.32. The van der Waals surface area contributed by atoms with Crippen molar-refractivity contribution >= 4 is 17.0 Å². The summed E-state index contributed by atoms with van der Waals surface area (Å²) in [5.74, 6) is -0.513. The van der Waals surface area contributed by atoms with E-state index in [1.807, 2.05) is 0 Å². The molecule has 0 amide bonds. The Morgan fingerprint density at radius 3 is 2.95 bits per heavy atom. The van der Waals surface area contributed by atoms with Gasteiger partial charge in [0.2, 0.25) is 0 Å². The number of aryl methyl sites for hydroxylation is 1. The molecule has 2 aromatic heterocycles. The van der Waals surface area contributed by atoms with Crippen molar-refractivity contribution in [2.24, 2.45) is 7.05 Å². The van der Waals surface area contributed by atoms with Crippen molar-refractivity contribution in [2.45, 2.75) is 13.5 Å². The fraction of sp³-hybridized carbons (Fsp3) is 0.333. The average molecular weight is 262 g/mol. The Hall–Kier alpha value is -2.44. The standard InChI is InChI=1S/C12H14N4O3/c1-4-19-12(18)8(2)6-16-7-13-10-9(11(16)17)5-14-15(10)3/h5,7H,2,4,6H2,1,3H3. The van der Waals surface area contributed by atoms with Crippen molar-refractivity contribution < 1.29 is 9.53 Å². The van der Waals surface area contributed by atoms with Crippen molar-refractivity contribution in [3.05, 3.63) is 35.0 Å². The number of rotatable bonds is 4. The van der Waals surface area contributed by atoms with Gasteiger partial charge in [0.1, 0.15) is 11.7 Å². The Bertz CT molecular complexity index is 699. The maximum Gasteiger partial charge on any atom is 0.335 e. The minimum Gasteiger partial charge on any atom is -0.463 e. The van der Waals surface area contributed by atoms with Crippen LogP contribution in [-0.2, 0) is 23.1 Å². The van der Waals surface area contributed by atoms with Gasteiger partial charge in [-0.1, -0.05) is 6.58 Å². The Kier molecular flexibility index (Phi) is 3.46. The lowest BCUT2D eigenvalue weighted by molar-refractivity contribution is -0.138. The lowest BCUT2D eigenvalue weighted by Crippen LogP contribution is -2.23. The van der Waals surface area contributed by atoms with Crippen molar-refractivity contribution in [3.63, 3.8) is 0 Å². The molecule has 0 radical (unpaired) electrons. The molecule has 0 atom stereocenters. The third kappa shape index (κ3) is 2.40. The fourth-order valence-corrected chi connectivity index (χ4v) is 1.68. The summed E-state index contributed by atoms with van der Waals surface area (Å²) in [4.78, 5) is 27.7. The van der Waals surface area contributed by atoms with E-state index in [0.717, 1.165) is 0 Å². The van der Waals surface area contributed by atoms with E-state index >= 15 is 0 Å². The van der Waals surface area contributed by atoms with Crippen LogP contribution in [0.1, 0.15) is 6.92 Å². The second-order valence-electron chi connectivity index (χ2n) is 4.01. The summed E-state index contributed by atoms with van der Waals surface area (Å²) in [5.41, 5.74) is 0.445. The lowest BCUT2D eigenvalue weighted by atomic mass is 10.3. The Labute approximate surface area is 109 Å². The van der Waals surface area contributed by atoms with Crippen LogP contribution in [0.25, 0.3) is 11.0 Å². The smallest absolute Gasteiger partial charge is 0.335 e. The first kappa shape index (κ1) is 13.0. The topological polar surface area (TPSA) is 79.0 Å². The predicted octanol–water partition coefficient (Wildman–Crippen LogP) is 0.249. The monoisotopic (exact) mass is 262 g/mol. The van der Waals surface area contributed by atoms with Gasteiger partial charge in [-0.15, -0.1) is 0 Å². The molecule has 0 aromatic carbocycles. The molecule has 0 fully saturated rings. The SMILES string of the molecule is C=C(Cn1cnc2c(cnn2C)c1=O)C(=O)OCC. The van der Waals surface area contributed by atoms with E-state index in [0.29, 0.717) is 11.0 Å². The molecule has 2 rings (SSSR count). The predicted molar refractivity (Wildman–Crippen MR) is 68.5 cm³/mol. The van der Waals surface area contributed by atoms with Gasteiger partial charge >= 0.3 is 5.97 Å². The van der Waals surface area contributed by atoms with E-state index in [4.69, 9.17) is 4.74 Å². The summed E-state index contributed by atoms with van der Waals surface area (Å²) < 4.78 is 7.64. The highest BCUT2D eigenvalue weighted by molar-refractivity contribution is 5.87. The van der Waals surface area contributed by atoms with Crippen LogP contribution in [0.3, 0.4) is 0 Å². The second kappa shape index (κ2) is 5.05. The van der Waals surface area contributed by atoms with Gasteiger partial charge in [-0.05, 0) is 6.92 Å². The van der Waals surface area contributed by atoms with Gasteiger partial charge in [0.25, 0.3) is 5.56 Å². The third-order valence-electron chi connectivity index (χ3n) is 2.64. The number of esters is 1. The highest BCUT2D eigenvalue weighted by Crippen LogP contribution is 2.05. The first-order valence-electron chi connectivity index (χ1n) is 5.76. The number of nitrogens with zero attached hydrogens (tertiary/aromatic N) is 4. The number of carbonyl (C=O) groups excluding carboxylic acids is 1. The van der Waals surface area contributed by atoms with Gasteiger partial charge in [-0.3, -0.25) is 14.0 Å². The van der Waals surface area contributed by atoms with Crippen LogP contribution in [-0.4, -0.2) is 31.9 Å². The van der Waals surface area contributed by atoms with Crippen molar-refractivity contribution in [3.8, 4) is 0 Å². The summed E-state index contributed by atoms with van der Waals surface area (Å²) in [6.45, 7) is 5.64. The lowest BCUT2D eigenvalue weighted by Gasteiger charge is -2.07. The highest BCUT2D eigenvalue weighted by Gasteiger charge is 2.12. The minimum absolute atomic E-state index is 0.0511. The number of hydrogen-bond donors (Lipinski definition) is 0. The van der Waals surface area contributed by atoms with Crippen molar-refractivity contribution in [1.29, 1.82) is 0 Å². The molecule has 0 unspecified atom stereocenters.